The molecule has 0 saturated carbocycles. The van der Waals surface area contributed by atoms with E-state index >= 15 is 0 Å². The van der Waals surface area contributed by atoms with Crippen LogP contribution >= 0.6 is 0 Å². The maximum absolute atomic E-state index is 13.0. The molecule has 3 aromatic carbocycles. The van der Waals surface area contributed by atoms with Crippen LogP contribution in [-0.4, -0.2) is 5.91 Å². The molecule has 30 heavy (non-hydrogen) atoms. The molecular formula is C25H22N4O. The van der Waals surface area contributed by atoms with Crippen LogP contribution in [0.25, 0.3) is 11.3 Å². The molecule has 0 bridgehead atoms. The van der Waals surface area contributed by atoms with E-state index in [0.717, 1.165) is 22.4 Å². The molecule has 1 aliphatic heterocycles. The first-order chi connectivity index (χ1) is 14.4. The lowest BCUT2D eigenvalue weighted by molar-refractivity contribution is -0.110. The van der Waals surface area contributed by atoms with Crippen molar-refractivity contribution in [2.75, 3.05) is 10.6 Å². The number of nitrogens with zero attached hydrogens (tertiary/aromatic N) is 1. The SMILES string of the molecule is CC(C)(N)c1cccc(N/C(=C2\C(=O)Nc3cc(C#N)ccc32)c2ccccc2)c1. The number of amides is 1. The fraction of sp³-hybridized carbons (Fsp3) is 0.120. The summed E-state index contributed by atoms with van der Waals surface area (Å²) in [5.74, 6) is -0.207. The monoisotopic (exact) mass is 394 g/mol. The van der Waals surface area contributed by atoms with Gasteiger partial charge in [0.25, 0.3) is 5.91 Å². The van der Waals surface area contributed by atoms with Gasteiger partial charge in [-0.2, -0.15) is 5.26 Å². The van der Waals surface area contributed by atoms with Crippen LogP contribution < -0.4 is 16.4 Å². The van der Waals surface area contributed by atoms with Crippen molar-refractivity contribution >= 4 is 28.6 Å². The molecule has 0 aromatic heterocycles. The Bertz CT molecular complexity index is 1200. The average Bonchev–Trinajstić information content (AvgIpc) is 3.07. The van der Waals surface area contributed by atoms with E-state index in [0.29, 0.717) is 22.5 Å². The Morgan fingerprint density at radius 3 is 2.50 bits per heavy atom. The van der Waals surface area contributed by atoms with Crippen LogP contribution in [0.1, 0.15) is 36.1 Å². The Balaban J connectivity index is 1.88. The number of nitriles is 1. The van der Waals surface area contributed by atoms with Gasteiger partial charge in [-0.1, -0.05) is 48.5 Å². The summed E-state index contributed by atoms with van der Waals surface area (Å²) in [6.07, 6.45) is 0. The van der Waals surface area contributed by atoms with Crippen molar-refractivity contribution in [2.45, 2.75) is 19.4 Å². The number of carbonyl (C=O) groups is 1. The minimum absolute atomic E-state index is 0.207. The van der Waals surface area contributed by atoms with Crippen LogP contribution in [0.2, 0.25) is 0 Å². The Hall–Kier alpha value is -3.88. The third-order valence-corrected chi connectivity index (χ3v) is 5.08. The predicted molar refractivity (Wildman–Crippen MR) is 120 cm³/mol. The van der Waals surface area contributed by atoms with Gasteiger partial charge in [0.05, 0.1) is 28.6 Å². The molecule has 0 fully saturated rings. The van der Waals surface area contributed by atoms with Crippen LogP contribution in [-0.2, 0) is 10.3 Å². The molecule has 0 unspecified atom stereocenters. The van der Waals surface area contributed by atoms with Gasteiger partial charge in [-0.3, -0.25) is 4.79 Å². The average molecular weight is 394 g/mol. The van der Waals surface area contributed by atoms with Crippen LogP contribution in [0, 0.1) is 11.3 Å². The van der Waals surface area contributed by atoms with Gasteiger partial charge in [-0.25, -0.2) is 0 Å². The third kappa shape index (κ3) is 3.69. The molecule has 0 radical (unpaired) electrons. The number of hydrogen-bond donors (Lipinski definition) is 3. The fourth-order valence-corrected chi connectivity index (χ4v) is 3.52. The molecule has 5 nitrogen and oxygen atoms in total. The lowest BCUT2D eigenvalue weighted by Gasteiger charge is -2.21. The standard InChI is InChI=1S/C25H22N4O/c1-25(2,27)18-9-6-10-19(14-18)28-23(17-7-4-3-5-8-17)22-20-12-11-16(15-26)13-21(20)29-24(22)30/h3-14,28H,27H2,1-2H3,(H,29,30)/b23-22-. The van der Waals surface area contributed by atoms with Gasteiger partial charge >= 0.3 is 0 Å². The molecule has 0 saturated heterocycles. The molecule has 4 rings (SSSR count). The Morgan fingerprint density at radius 2 is 1.80 bits per heavy atom. The second-order valence-electron chi connectivity index (χ2n) is 7.87. The minimum Gasteiger partial charge on any atom is -0.354 e. The van der Waals surface area contributed by atoms with Gasteiger partial charge in [0.1, 0.15) is 0 Å². The Kier molecular flexibility index (Phi) is 4.86. The third-order valence-electron chi connectivity index (χ3n) is 5.08. The molecule has 148 valence electrons. The predicted octanol–water partition coefficient (Wildman–Crippen LogP) is 4.68. The van der Waals surface area contributed by atoms with E-state index in [1.165, 1.54) is 0 Å². The maximum Gasteiger partial charge on any atom is 0.258 e. The highest BCUT2D eigenvalue weighted by Gasteiger charge is 2.28. The molecule has 1 amide bonds. The Morgan fingerprint density at radius 1 is 1.03 bits per heavy atom. The van der Waals surface area contributed by atoms with E-state index in [-0.39, 0.29) is 5.91 Å². The summed E-state index contributed by atoms with van der Waals surface area (Å²) >= 11 is 0. The van der Waals surface area contributed by atoms with Gasteiger partial charge in [0.2, 0.25) is 0 Å². The highest BCUT2D eigenvalue weighted by molar-refractivity contribution is 6.37. The van der Waals surface area contributed by atoms with Crippen molar-refractivity contribution < 1.29 is 4.79 Å². The number of benzene rings is 3. The van der Waals surface area contributed by atoms with Crippen LogP contribution in [0.3, 0.4) is 0 Å². The lowest BCUT2D eigenvalue weighted by atomic mass is 9.95. The van der Waals surface area contributed by atoms with Gasteiger partial charge in [-0.05, 0) is 49.2 Å². The number of anilines is 2. The number of nitrogens with two attached hydrogens (primary N) is 1. The summed E-state index contributed by atoms with van der Waals surface area (Å²) in [6.45, 7) is 3.91. The molecule has 0 aliphatic carbocycles. The zero-order valence-electron chi connectivity index (χ0n) is 16.9. The van der Waals surface area contributed by atoms with Crippen LogP contribution in [0.15, 0.2) is 72.8 Å². The zero-order chi connectivity index (χ0) is 21.3. The maximum atomic E-state index is 13.0. The summed E-state index contributed by atoms with van der Waals surface area (Å²) < 4.78 is 0. The first-order valence-electron chi connectivity index (χ1n) is 9.69. The van der Waals surface area contributed by atoms with Crippen molar-refractivity contribution in [1.82, 2.24) is 0 Å². The molecule has 3 aromatic rings. The van der Waals surface area contributed by atoms with Crippen molar-refractivity contribution in [3.63, 3.8) is 0 Å². The van der Waals surface area contributed by atoms with Crippen molar-refractivity contribution in [3.8, 4) is 6.07 Å². The topological polar surface area (TPSA) is 90.9 Å². The molecule has 4 N–H and O–H groups in total. The summed E-state index contributed by atoms with van der Waals surface area (Å²) in [6, 6.07) is 24.9. The largest absolute Gasteiger partial charge is 0.354 e. The quantitative estimate of drug-likeness (QED) is 0.560. The highest BCUT2D eigenvalue weighted by atomic mass is 16.2. The molecule has 1 heterocycles. The second kappa shape index (κ2) is 7.51. The molecule has 1 aliphatic rings. The van der Waals surface area contributed by atoms with Gasteiger partial charge in [0.15, 0.2) is 0 Å². The van der Waals surface area contributed by atoms with E-state index in [1.54, 1.807) is 12.1 Å². The Labute approximate surface area is 175 Å². The highest BCUT2D eigenvalue weighted by Crippen LogP contribution is 2.38. The smallest absolute Gasteiger partial charge is 0.258 e. The van der Waals surface area contributed by atoms with Crippen molar-refractivity contribution in [3.05, 3.63) is 95.1 Å². The van der Waals surface area contributed by atoms with E-state index in [4.69, 9.17) is 5.73 Å². The molecular weight excluding hydrogens is 372 g/mol. The number of hydrogen-bond acceptors (Lipinski definition) is 4. The minimum atomic E-state index is -0.483. The summed E-state index contributed by atoms with van der Waals surface area (Å²) in [7, 11) is 0. The van der Waals surface area contributed by atoms with Crippen molar-refractivity contribution in [2.24, 2.45) is 5.73 Å². The van der Waals surface area contributed by atoms with Gasteiger partial charge < -0.3 is 16.4 Å². The molecule has 5 heteroatoms. The number of nitrogens with one attached hydrogen (secondary N) is 2. The van der Waals surface area contributed by atoms with E-state index in [9.17, 15) is 10.1 Å². The summed E-state index contributed by atoms with van der Waals surface area (Å²) in [5, 5.41) is 15.5. The van der Waals surface area contributed by atoms with E-state index < -0.39 is 5.54 Å². The number of fused-ring (bicyclic) bond motifs is 1. The van der Waals surface area contributed by atoms with Gasteiger partial charge in [-0.15, -0.1) is 0 Å². The fourth-order valence-electron chi connectivity index (χ4n) is 3.52. The zero-order valence-corrected chi connectivity index (χ0v) is 16.9. The summed E-state index contributed by atoms with van der Waals surface area (Å²) in [5.41, 5.74) is 11.6. The lowest BCUT2D eigenvalue weighted by Crippen LogP contribution is -2.28. The molecule has 0 atom stereocenters. The molecule has 0 spiro atoms. The van der Waals surface area contributed by atoms with Gasteiger partial charge in [0, 0.05) is 16.8 Å². The van der Waals surface area contributed by atoms with E-state index in [1.807, 2.05) is 74.5 Å². The first kappa shape index (κ1) is 19.4. The van der Waals surface area contributed by atoms with Crippen LogP contribution in [0.5, 0.6) is 0 Å². The first-order valence-corrected chi connectivity index (χ1v) is 9.69. The van der Waals surface area contributed by atoms with Crippen LogP contribution in [0.4, 0.5) is 11.4 Å². The summed E-state index contributed by atoms with van der Waals surface area (Å²) in [4.78, 5) is 13.0. The second-order valence-corrected chi connectivity index (χ2v) is 7.87. The number of carbonyl (C=O) groups excluding carboxylic acids is 1. The van der Waals surface area contributed by atoms with Crippen molar-refractivity contribution in [1.29, 1.82) is 5.26 Å². The number of rotatable bonds is 4. The normalized spacial score (nSPS) is 14.5. The van der Waals surface area contributed by atoms with E-state index in [2.05, 4.69) is 16.7 Å².